The third-order valence-electron chi connectivity index (χ3n) is 3.70. The van der Waals surface area contributed by atoms with E-state index in [0.717, 1.165) is 31.8 Å². The molecule has 0 amide bonds. The van der Waals surface area contributed by atoms with E-state index in [1.54, 1.807) is 18.2 Å². The molecule has 1 aliphatic rings. The zero-order valence-electron chi connectivity index (χ0n) is 12.4. The van der Waals surface area contributed by atoms with Crippen molar-refractivity contribution in [3.05, 3.63) is 35.4 Å². The Bertz CT molecular complexity index is 479. The van der Waals surface area contributed by atoms with E-state index in [1.165, 1.54) is 0 Å². The SMILES string of the molecule is CC(C)(C)C1CN(Cc2cccc(C(=O)O)c2)CCO1. The molecular formula is C16H23NO3. The summed E-state index contributed by atoms with van der Waals surface area (Å²) in [6.07, 6.45) is 0.221. The summed E-state index contributed by atoms with van der Waals surface area (Å²) in [4.78, 5) is 13.3. The third-order valence-corrected chi connectivity index (χ3v) is 3.70. The maximum Gasteiger partial charge on any atom is 0.335 e. The van der Waals surface area contributed by atoms with Crippen molar-refractivity contribution in [3.63, 3.8) is 0 Å². The number of morpholine rings is 1. The molecular weight excluding hydrogens is 254 g/mol. The summed E-state index contributed by atoms with van der Waals surface area (Å²) in [7, 11) is 0. The molecule has 1 aliphatic heterocycles. The van der Waals surface area contributed by atoms with Crippen LogP contribution in [-0.2, 0) is 11.3 Å². The van der Waals surface area contributed by atoms with Gasteiger partial charge in [-0.05, 0) is 23.1 Å². The van der Waals surface area contributed by atoms with Crippen LogP contribution < -0.4 is 0 Å². The van der Waals surface area contributed by atoms with Crippen LogP contribution in [0.1, 0.15) is 36.7 Å². The summed E-state index contributed by atoms with van der Waals surface area (Å²) in [5, 5.41) is 9.03. The maximum atomic E-state index is 11.0. The van der Waals surface area contributed by atoms with Crippen molar-refractivity contribution >= 4 is 5.97 Å². The number of carbonyl (C=O) groups is 1. The highest BCUT2D eigenvalue weighted by Gasteiger charge is 2.30. The molecule has 4 heteroatoms. The van der Waals surface area contributed by atoms with Gasteiger partial charge in [-0.3, -0.25) is 4.90 Å². The van der Waals surface area contributed by atoms with Crippen LogP contribution in [0.5, 0.6) is 0 Å². The quantitative estimate of drug-likeness (QED) is 0.922. The molecule has 1 unspecified atom stereocenters. The molecule has 20 heavy (non-hydrogen) atoms. The Kier molecular flexibility index (Phi) is 4.45. The molecule has 1 heterocycles. The minimum Gasteiger partial charge on any atom is -0.478 e. The molecule has 1 fully saturated rings. The highest BCUT2D eigenvalue weighted by molar-refractivity contribution is 5.87. The van der Waals surface area contributed by atoms with Gasteiger partial charge in [-0.2, -0.15) is 0 Å². The summed E-state index contributed by atoms with van der Waals surface area (Å²) in [6.45, 7) is 9.85. The van der Waals surface area contributed by atoms with E-state index < -0.39 is 5.97 Å². The van der Waals surface area contributed by atoms with Crippen molar-refractivity contribution in [1.29, 1.82) is 0 Å². The minimum atomic E-state index is -0.874. The maximum absolute atomic E-state index is 11.0. The molecule has 110 valence electrons. The number of hydrogen-bond acceptors (Lipinski definition) is 3. The Hall–Kier alpha value is -1.39. The first-order valence-corrected chi connectivity index (χ1v) is 7.02. The fraction of sp³-hybridized carbons (Fsp3) is 0.562. The third kappa shape index (κ3) is 3.81. The van der Waals surface area contributed by atoms with Gasteiger partial charge in [-0.1, -0.05) is 32.9 Å². The van der Waals surface area contributed by atoms with Crippen LogP contribution in [0.4, 0.5) is 0 Å². The molecule has 1 aromatic rings. The Morgan fingerprint density at radius 2 is 2.20 bits per heavy atom. The zero-order chi connectivity index (χ0) is 14.8. The first-order valence-electron chi connectivity index (χ1n) is 7.02. The lowest BCUT2D eigenvalue weighted by molar-refractivity contribution is -0.0816. The molecule has 0 aromatic heterocycles. The summed E-state index contributed by atoms with van der Waals surface area (Å²) in [6, 6.07) is 7.17. The first kappa shape index (κ1) is 15.0. The van der Waals surface area contributed by atoms with E-state index in [4.69, 9.17) is 9.84 Å². The van der Waals surface area contributed by atoms with Crippen molar-refractivity contribution in [3.8, 4) is 0 Å². The van der Waals surface area contributed by atoms with Crippen LogP contribution in [-0.4, -0.2) is 41.8 Å². The largest absolute Gasteiger partial charge is 0.478 e. The van der Waals surface area contributed by atoms with Crippen LogP contribution in [0, 0.1) is 5.41 Å². The normalized spacial score (nSPS) is 20.9. The predicted octanol–water partition coefficient (Wildman–Crippen LogP) is 2.63. The van der Waals surface area contributed by atoms with Gasteiger partial charge in [-0.25, -0.2) is 4.79 Å². The fourth-order valence-electron chi connectivity index (χ4n) is 2.43. The van der Waals surface area contributed by atoms with E-state index in [1.807, 2.05) is 6.07 Å². The number of carboxylic acid groups (broad SMARTS) is 1. The van der Waals surface area contributed by atoms with Crippen molar-refractivity contribution in [1.82, 2.24) is 4.90 Å². The number of nitrogens with zero attached hydrogens (tertiary/aromatic N) is 1. The molecule has 1 atom stereocenters. The minimum absolute atomic E-state index is 0.127. The van der Waals surface area contributed by atoms with Gasteiger partial charge in [0.25, 0.3) is 0 Å². The first-order chi connectivity index (χ1) is 9.36. The Balaban J connectivity index is 2.03. The molecule has 4 nitrogen and oxygen atoms in total. The molecule has 0 spiro atoms. The number of benzene rings is 1. The van der Waals surface area contributed by atoms with Crippen molar-refractivity contribution in [2.75, 3.05) is 19.7 Å². The number of carboxylic acids is 1. The number of hydrogen-bond donors (Lipinski definition) is 1. The zero-order valence-corrected chi connectivity index (χ0v) is 12.4. The van der Waals surface area contributed by atoms with E-state index >= 15 is 0 Å². The fourth-order valence-corrected chi connectivity index (χ4v) is 2.43. The Labute approximate surface area is 120 Å². The number of ether oxygens (including phenoxy) is 1. The van der Waals surface area contributed by atoms with E-state index in [0.29, 0.717) is 5.56 Å². The molecule has 0 saturated carbocycles. The highest BCUT2D eigenvalue weighted by Crippen LogP contribution is 2.26. The molecule has 0 aliphatic carbocycles. The summed E-state index contributed by atoms with van der Waals surface area (Å²) >= 11 is 0. The lowest BCUT2D eigenvalue weighted by Gasteiger charge is -2.39. The molecule has 2 rings (SSSR count). The predicted molar refractivity (Wildman–Crippen MR) is 77.9 cm³/mol. The average molecular weight is 277 g/mol. The van der Waals surface area contributed by atoms with Crippen LogP contribution in [0.3, 0.4) is 0 Å². The second-order valence-corrected chi connectivity index (χ2v) is 6.47. The summed E-state index contributed by atoms with van der Waals surface area (Å²) in [5.74, 6) is -0.874. The second-order valence-electron chi connectivity index (χ2n) is 6.47. The smallest absolute Gasteiger partial charge is 0.335 e. The number of rotatable bonds is 3. The van der Waals surface area contributed by atoms with Crippen LogP contribution in [0.2, 0.25) is 0 Å². The van der Waals surface area contributed by atoms with Gasteiger partial charge in [0.15, 0.2) is 0 Å². The second kappa shape index (κ2) is 5.94. The van der Waals surface area contributed by atoms with Crippen LogP contribution in [0.15, 0.2) is 24.3 Å². The van der Waals surface area contributed by atoms with E-state index in [9.17, 15) is 4.79 Å². The molecule has 1 aromatic carbocycles. The van der Waals surface area contributed by atoms with Gasteiger partial charge in [0, 0.05) is 19.6 Å². The topological polar surface area (TPSA) is 49.8 Å². The standard InChI is InChI=1S/C16H23NO3/c1-16(2,3)14-11-17(7-8-20-14)10-12-5-4-6-13(9-12)15(18)19/h4-6,9,14H,7-8,10-11H2,1-3H3,(H,18,19). The summed E-state index contributed by atoms with van der Waals surface area (Å²) < 4.78 is 5.84. The van der Waals surface area contributed by atoms with Gasteiger partial charge in [-0.15, -0.1) is 0 Å². The summed E-state index contributed by atoms with van der Waals surface area (Å²) in [5.41, 5.74) is 1.52. The van der Waals surface area contributed by atoms with Gasteiger partial charge in [0.1, 0.15) is 0 Å². The van der Waals surface area contributed by atoms with Crippen LogP contribution >= 0.6 is 0 Å². The van der Waals surface area contributed by atoms with Gasteiger partial charge in [0.05, 0.1) is 18.3 Å². The van der Waals surface area contributed by atoms with E-state index in [2.05, 4.69) is 25.7 Å². The lowest BCUT2D eigenvalue weighted by atomic mass is 9.88. The molecule has 0 radical (unpaired) electrons. The monoisotopic (exact) mass is 277 g/mol. The lowest BCUT2D eigenvalue weighted by Crippen LogP contribution is -2.47. The van der Waals surface area contributed by atoms with E-state index in [-0.39, 0.29) is 11.5 Å². The van der Waals surface area contributed by atoms with Crippen LogP contribution in [0.25, 0.3) is 0 Å². The highest BCUT2D eigenvalue weighted by atomic mass is 16.5. The number of aromatic carboxylic acids is 1. The molecule has 1 N–H and O–H groups in total. The van der Waals surface area contributed by atoms with Crippen molar-refractivity contribution in [2.45, 2.75) is 33.4 Å². The Morgan fingerprint density at radius 1 is 1.45 bits per heavy atom. The molecule has 1 saturated heterocycles. The van der Waals surface area contributed by atoms with Gasteiger partial charge >= 0.3 is 5.97 Å². The van der Waals surface area contributed by atoms with Crippen molar-refractivity contribution in [2.24, 2.45) is 5.41 Å². The Morgan fingerprint density at radius 3 is 2.85 bits per heavy atom. The average Bonchev–Trinajstić information content (AvgIpc) is 2.38. The molecule has 0 bridgehead atoms. The van der Waals surface area contributed by atoms with Gasteiger partial charge < -0.3 is 9.84 Å². The van der Waals surface area contributed by atoms with Crippen molar-refractivity contribution < 1.29 is 14.6 Å². The van der Waals surface area contributed by atoms with Gasteiger partial charge in [0.2, 0.25) is 0 Å².